The van der Waals surface area contributed by atoms with Crippen LogP contribution in [0.4, 0.5) is 0 Å². The number of carbonyl (C=O) groups is 1. The highest BCUT2D eigenvalue weighted by Gasteiger charge is 2.02. The lowest BCUT2D eigenvalue weighted by atomic mass is 10.3. The number of hydrazone groups is 1. The lowest BCUT2D eigenvalue weighted by Crippen LogP contribution is -2.17. The standard InChI is InChI=1S/C12H11N3OS/c1-9-4-5-11(17-9)8-14-15-12(16)10-3-2-6-13-7-10/h2-8H,1H3,(H,15,16)/b14-8+. The van der Waals surface area contributed by atoms with Crippen molar-refractivity contribution in [2.24, 2.45) is 5.10 Å². The maximum atomic E-state index is 11.6. The van der Waals surface area contributed by atoms with Crippen LogP contribution in [-0.4, -0.2) is 17.1 Å². The Labute approximate surface area is 103 Å². The molecule has 0 radical (unpaired) electrons. The lowest BCUT2D eigenvalue weighted by molar-refractivity contribution is 0.0955. The van der Waals surface area contributed by atoms with Gasteiger partial charge in [-0.1, -0.05) is 0 Å². The van der Waals surface area contributed by atoms with Crippen LogP contribution in [0.3, 0.4) is 0 Å². The van der Waals surface area contributed by atoms with Crippen molar-refractivity contribution in [3.63, 3.8) is 0 Å². The van der Waals surface area contributed by atoms with Gasteiger partial charge in [-0.05, 0) is 31.2 Å². The number of thiophene rings is 1. The minimum Gasteiger partial charge on any atom is -0.267 e. The second-order valence-corrected chi connectivity index (χ2v) is 4.71. The van der Waals surface area contributed by atoms with Gasteiger partial charge in [-0.25, -0.2) is 5.43 Å². The Kier molecular flexibility index (Phi) is 3.62. The van der Waals surface area contributed by atoms with E-state index in [9.17, 15) is 4.79 Å². The van der Waals surface area contributed by atoms with Crippen LogP contribution < -0.4 is 5.43 Å². The number of rotatable bonds is 3. The van der Waals surface area contributed by atoms with E-state index in [1.807, 2.05) is 19.1 Å². The van der Waals surface area contributed by atoms with Crippen LogP contribution in [0, 0.1) is 6.92 Å². The number of amides is 1. The van der Waals surface area contributed by atoms with E-state index in [1.54, 1.807) is 35.9 Å². The highest BCUT2D eigenvalue weighted by atomic mass is 32.1. The molecule has 0 fully saturated rings. The number of nitrogens with one attached hydrogen (secondary N) is 1. The monoisotopic (exact) mass is 245 g/mol. The summed E-state index contributed by atoms with van der Waals surface area (Å²) in [6.45, 7) is 2.02. The molecule has 0 saturated heterocycles. The lowest BCUT2D eigenvalue weighted by Gasteiger charge is -1.97. The third-order valence-electron chi connectivity index (χ3n) is 2.04. The van der Waals surface area contributed by atoms with Gasteiger partial charge in [0.2, 0.25) is 0 Å². The Balaban J connectivity index is 1.95. The van der Waals surface area contributed by atoms with Crippen molar-refractivity contribution in [3.8, 4) is 0 Å². The van der Waals surface area contributed by atoms with Crippen LogP contribution in [0.5, 0.6) is 0 Å². The first kappa shape index (κ1) is 11.5. The molecule has 5 heteroatoms. The van der Waals surface area contributed by atoms with Gasteiger partial charge in [0.05, 0.1) is 11.8 Å². The molecule has 1 N–H and O–H groups in total. The number of hydrogen-bond donors (Lipinski definition) is 1. The third kappa shape index (κ3) is 3.22. The smallest absolute Gasteiger partial charge is 0.267 e. The number of hydrogen-bond acceptors (Lipinski definition) is 4. The highest BCUT2D eigenvalue weighted by molar-refractivity contribution is 7.13. The molecule has 0 bridgehead atoms. The molecule has 2 heterocycles. The summed E-state index contributed by atoms with van der Waals surface area (Å²) in [5.74, 6) is -0.261. The van der Waals surface area contributed by atoms with Crippen molar-refractivity contribution in [3.05, 3.63) is 52.0 Å². The van der Waals surface area contributed by atoms with Crippen LogP contribution in [-0.2, 0) is 0 Å². The Hall–Kier alpha value is -2.01. The zero-order valence-corrected chi connectivity index (χ0v) is 10.1. The van der Waals surface area contributed by atoms with Gasteiger partial charge in [0.15, 0.2) is 0 Å². The van der Waals surface area contributed by atoms with Crippen molar-refractivity contribution in [2.45, 2.75) is 6.92 Å². The fraction of sp³-hybridized carbons (Fsp3) is 0.0833. The van der Waals surface area contributed by atoms with E-state index >= 15 is 0 Å². The summed E-state index contributed by atoms with van der Waals surface area (Å²) in [7, 11) is 0. The average Bonchev–Trinajstić information content (AvgIpc) is 2.76. The maximum Gasteiger partial charge on any atom is 0.272 e. The van der Waals surface area contributed by atoms with E-state index in [0.717, 1.165) is 4.88 Å². The topological polar surface area (TPSA) is 54.4 Å². The summed E-state index contributed by atoms with van der Waals surface area (Å²) in [4.78, 5) is 17.7. The SMILES string of the molecule is Cc1ccc(/C=N/NC(=O)c2cccnc2)s1. The summed E-state index contributed by atoms with van der Waals surface area (Å²) >= 11 is 1.62. The minimum absolute atomic E-state index is 0.261. The first-order chi connectivity index (χ1) is 8.25. The van der Waals surface area contributed by atoms with E-state index in [1.165, 1.54) is 11.1 Å². The largest absolute Gasteiger partial charge is 0.272 e. The minimum atomic E-state index is -0.261. The molecular formula is C12H11N3OS. The highest BCUT2D eigenvalue weighted by Crippen LogP contribution is 2.12. The van der Waals surface area contributed by atoms with E-state index in [0.29, 0.717) is 5.56 Å². The molecule has 0 aliphatic heterocycles. The number of aryl methyl sites for hydroxylation is 1. The predicted octanol–water partition coefficient (Wildman–Crippen LogP) is 2.22. The molecule has 2 aromatic heterocycles. The molecule has 0 aromatic carbocycles. The number of aromatic nitrogens is 1. The Morgan fingerprint density at radius 2 is 2.35 bits per heavy atom. The Morgan fingerprint density at radius 3 is 3.00 bits per heavy atom. The second-order valence-electron chi connectivity index (χ2n) is 3.39. The van der Waals surface area contributed by atoms with Crippen molar-refractivity contribution in [1.82, 2.24) is 10.4 Å². The van der Waals surface area contributed by atoms with Crippen molar-refractivity contribution in [2.75, 3.05) is 0 Å². The van der Waals surface area contributed by atoms with Crippen molar-refractivity contribution in [1.29, 1.82) is 0 Å². The molecule has 0 unspecified atom stereocenters. The van der Waals surface area contributed by atoms with Crippen LogP contribution in [0.2, 0.25) is 0 Å². The molecule has 0 spiro atoms. The quantitative estimate of drug-likeness (QED) is 0.666. The van der Waals surface area contributed by atoms with Crippen LogP contribution in [0.25, 0.3) is 0 Å². The Bertz CT molecular complexity index is 534. The average molecular weight is 245 g/mol. The Morgan fingerprint density at radius 1 is 1.47 bits per heavy atom. The van der Waals surface area contributed by atoms with Gasteiger partial charge in [-0.15, -0.1) is 11.3 Å². The van der Waals surface area contributed by atoms with E-state index in [-0.39, 0.29) is 5.91 Å². The molecule has 2 rings (SSSR count). The zero-order chi connectivity index (χ0) is 12.1. The zero-order valence-electron chi connectivity index (χ0n) is 9.25. The summed E-state index contributed by atoms with van der Waals surface area (Å²) < 4.78 is 0. The fourth-order valence-corrected chi connectivity index (χ4v) is 1.99. The number of nitrogens with zero attached hydrogens (tertiary/aromatic N) is 2. The van der Waals surface area contributed by atoms with Gasteiger partial charge < -0.3 is 0 Å². The molecular weight excluding hydrogens is 234 g/mol. The van der Waals surface area contributed by atoms with Crippen LogP contribution >= 0.6 is 11.3 Å². The first-order valence-electron chi connectivity index (χ1n) is 5.05. The van der Waals surface area contributed by atoms with Crippen LogP contribution in [0.1, 0.15) is 20.1 Å². The van der Waals surface area contributed by atoms with Crippen molar-refractivity contribution >= 4 is 23.5 Å². The summed E-state index contributed by atoms with van der Waals surface area (Å²) in [6.07, 6.45) is 4.75. The van der Waals surface area contributed by atoms with Gasteiger partial charge >= 0.3 is 0 Å². The summed E-state index contributed by atoms with van der Waals surface area (Å²) in [5, 5.41) is 3.89. The molecule has 0 saturated carbocycles. The third-order valence-corrected chi connectivity index (χ3v) is 2.98. The molecule has 4 nitrogen and oxygen atoms in total. The van der Waals surface area contributed by atoms with Gasteiger partial charge in [-0.2, -0.15) is 5.10 Å². The summed E-state index contributed by atoms with van der Waals surface area (Å²) in [5.41, 5.74) is 2.95. The molecule has 86 valence electrons. The molecule has 0 aliphatic rings. The normalized spacial score (nSPS) is 10.6. The van der Waals surface area contributed by atoms with Gasteiger partial charge in [0, 0.05) is 22.1 Å². The van der Waals surface area contributed by atoms with Gasteiger partial charge in [0.1, 0.15) is 0 Å². The fourth-order valence-electron chi connectivity index (χ4n) is 1.24. The van der Waals surface area contributed by atoms with Crippen LogP contribution in [0.15, 0.2) is 41.8 Å². The molecule has 2 aromatic rings. The molecule has 1 amide bonds. The molecule has 0 atom stereocenters. The van der Waals surface area contributed by atoms with Crippen molar-refractivity contribution < 1.29 is 4.79 Å². The predicted molar refractivity (Wildman–Crippen MR) is 68.4 cm³/mol. The molecule has 0 aliphatic carbocycles. The first-order valence-corrected chi connectivity index (χ1v) is 5.87. The van der Waals surface area contributed by atoms with E-state index < -0.39 is 0 Å². The number of carbonyl (C=O) groups excluding carboxylic acids is 1. The maximum absolute atomic E-state index is 11.6. The van der Waals surface area contributed by atoms with Gasteiger partial charge in [-0.3, -0.25) is 9.78 Å². The van der Waals surface area contributed by atoms with Gasteiger partial charge in [0.25, 0.3) is 5.91 Å². The van der Waals surface area contributed by atoms with E-state index in [4.69, 9.17) is 0 Å². The molecule has 17 heavy (non-hydrogen) atoms. The second kappa shape index (κ2) is 5.36. The van der Waals surface area contributed by atoms with E-state index in [2.05, 4.69) is 15.5 Å². The summed E-state index contributed by atoms with van der Waals surface area (Å²) in [6, 6.07) is 7.36. The number of pyridine rings is 1.